The van der Waals surface area contributed by atoms with E-state index in [9.17, 15) is 9.59 Å². The Morgan fingerprint density at radius 1 is 1.24 bits per heavy atom. The molecule has 1 aromatic carbocycles. The molecule has 0 spiro atoms. The van der Waals surface area contributed by atoms with Gasteiger partial charge in [-0.1, -0.05) is 44.2 Å². The maximum Gasteiger partial charge on any atom is 0.303 e. The number of rotatable bonds is 8. The first kappa shape index (κ1) is 17.2. The van der Waals surface area contributed by atoms with Gasteiger partial charge in [-0.15, -0.1) is 0 Å². The summed E-state index contributed by atoms with van der Waals surface area (Å²) in [5.74, 6) is -0.788. The summed E-state index contributed by atoms with van der Waals surface area (Å²) in [5, 5.41) is 11.7. The Labute approximate surface area is 125 Å². The SMILES string of the molecule is CC(C)C(N)CC(=O)NC(CCC(=O)O)c1ccccc1. The molecule has 0 radical (unpaired) electrons. The Morgan fingerprint density at radius 3 is 2.38 bits per heavy atom. The maximum atomic E-state index is 12.0. The monoisotopic (exact) mass is 292 g/mol. The molecule has 5 nitrogen and oxygen atoms in total. The molecule has 0 saturated heterocycles. The first-order chi connectivity index (χ1) is 9.90. The number of benzene rings is 1. The molecule has 4 N–H and O–H groups in total. The lowest BCUT2D eigenvalue weighted by Crippen LogP contribution is -2.36. The number of nitrogens with one attached hydrogen (secondary N) is 1. The topological polar surface area (TPSA) is 92.4 Å². The van der Waals surface area contributed by atoms with Crippen LogP contribution in [-0.4, -0.2) is 23.0 Å². The predicted octanol–water partition coefficient (Wildman–Crippen LogP) is 2.08. The fourth-order valence-electron chi connectivity index (χ4n) is 1.98. The predicted molar refractivity (Wildman–Crippen MR) is 81.6 cm³/mol. The molecule has 0 bridgehead atoms. The van der Waals surface area contributed by atoms with Gasteiger partial charge in [-0.2, -0.15) is 0 Å². The van der Waals surface area contributed by atoms with E-state index >= 15 is 0 Å². The first-order valence-corrected chi connectivity index (χ1v) is 7.21. The lowest BCUT2D eigenvalue weighted by molar-refractivity contribution is -0.137. The molecule has 0 aliphatic rings. The summed E-state index contributed by atoms with van der Waals surface area (Å²) < 4.78 is 0. The normalized spacial score (nSPS) is 13.7. The van der Waals surface area contributed by atoms with Crippen LogP contribution in [0.15, 0.2) is 30.3 Å². The van der Waals surface area contributed by atoms with Crippen LogP contribution in [0.5, 0.6) is 0 Å². The van der Waals surface area contributed by atoms with Gasteiger partial charge in [-0.05, 0) is 17.9 Å². The van der Waals surface area contributed by atoms with E-state index < -0.39 is 5.97 Å². The zero-order chi connectivity index (χ0) is 15.8. The Bertz CT molecular complexity index is 460. The molecule has 0 fully saturated rings. The number of carboxylic acid groups (broad SMARTS) is 1. The van der Waals surface area contributed by atoms with E-state index in [0.29, 0.717) is 6.42 Å². The van der Waals surface area contributed by atoms with Crippen molar-refractivity contribution in [3.63, 3.8) is 0 Å². The quantitative estimate of drug-likeness (QED) is 0.684. The molecule has 1 amide bonds. The fraction of sp³-hybridized carbons (Fsp3) is 0.500. The molecular formula is C16H24N2O3. The highest BCUT2D eigenvalue weighted by molar-refractivity contribution is 5.77. The summed E-state index contributed by atoms with van der Waals surface area (Å²) in [4.78, 5) is 22.8. The van der Waals surface area contributed by atoms with Gasteiger partial charge in [0.25, 0.3) is 0 Å². The highest BCUT2D eigenvalue weighted by Gasteiger charge is 2.18. The zero-order valence-corrected chi connectivity index (χ0v) is 12.6. The Balaban J connectivity index is 2.69. The highest BCUT2D eigenvalue weighted by atomic mass is 16.4. The maximum absolute atomic E-state index is 12.0. The summed E-state index contributed by atoms with van der Waals surface area (Å²) in [5.41, 5.74) is 6.81. The van der Waals surface area contributed by atoms with E-state index in [-0.39, 0.29) is 36.8 Å². The Kier molecular flexibility index (Phi) is 6.88. The van der Waals surface area contributed by atoms with Crippen molar-refractivity contribution in [2.75, 3.05) is 0 Å². The Hall–Kier alpha value is -1.88. The smallest absolute Gasteiger partial charge is 0.303 e. The first-order valence-electron chi connectivity index (χ1n) is 7.21. The highest BCUT2D eigenvalue weighted by Crippen LogP contribution is 2.18. The van der Waals surface area contributed by atoms with Gasteiger partial charge in [-0.25, -0.2) is 0 Å². The van der Waals surface area contributed by atoms with E-state index in [1.807, 2.05) is 44.2 Å². The van der Waals surface area contributed by atoms with Crippen molar-refractivity contribution in [3.05, 3.63) is 35.9 Å². The van der Waals surface area contributed by atoms with Crippen LogP contribution in [0.25, 0.3) is 0 Å². The van der Waals surface area contributed by atoms with Gasteiger partial charge in [0, 0.05) is 18.9 Å². The summed E-state index contributed by atoms with van der Waals surface area (Å²) in [6.45, 7) is 3.94. The number of hydrogen-bond acceptors (Lipinski definition) is 3. The number of aliphatic carboxylic acids is 1. The molecule has 1 aromatic rings. The average molecular weight is 292 g/mol. The minimum Gasteiger partial charge on any atom is -0.481 e. The zero-order valence-electron chi connectivity index (χ0n) is 12.6. The third-order valence-electron chi connectivity index (χ3n) is 3.46. The van der Waals surface area contributed by atoms with Crippen LogP contribution in [-0.2, 0) is 9.59 Å². The van der Waals surface area contributed by atoms with Gasteiger partial charge in [0.1, 0.15) is 0 Å². The summed E-state index contributed by atoms with van der Waals surface area (Å²) in [6.07, 6.45) is 0.617. The summed E-state index contributed by atoms with van der Waals surface area (Å²) >= 11 is 0. The number of amides is 1. The van der Waals surface area contributed by atoms with E-state index in [0.717, 1.165) is 5.56 Å². The van der Waals surface area contributed by atoms with Crippen molar-refractivity contribution in [1.82, 2.24) is 5.32 Å². The molecule has 5 heteroatoms. The van der Waals surface area contributed by atoms with E-state index in [2.05, 4.69) is 5.32 Å². The van der Waals surface area contributed by atoms with Crippen molar-refractivity contribution >= 4 is 11.9 Å². The summed E-state index contributed by atoms with van der Waals surface area (Å²) in [7, 11) is 0. The Morgan fingerprint density at radius 2 is 1.86 bits per heavy atom. The second kappa shape index (κ2) is 8.42. The number of carboxylic acids is 1. The van der Waals surface area contributed by atoms with Crippen LogP contribution in [0.3, 0.4) is 0 Å². The average Bonchev–Trinajstić information content (AvgIpc) is 2.44. The van der Waals surface area contributed by atoms with Gasteiger partial charge in [0.15, 0.2) is 0 Å². The fourth-order valence-corrected chi connectivity index (χ4v) is 1.98. The standard InChI is InChI=1S/C16H24N2O3/c1-11(2)13(17)10-15(19)18-14(8-9-16(20)21)12-6-4-3-5-7-12/h3-7,11,13-14H,8-10,17H2,1-2H3,(H,18,19)(H,20,21). The third-order valence-corrected chi connectivity index (χ3v) is 3.46. The van der Waals surface area contributed by atoms with Crippen LogP contribution < -0.4 is 11.1 Å². The van der Waals surface area contributed by atoms with Crippen LogP contribution in [0, 0.1) is 5.92 Å². The second-order valence-electron chi connectivity index (χ2n) is 5.58. The molecule has 116 valence electrons. The molecule has 2 unspecified atom stereocenters. The van der Waals surface area contributed by atoms with E-state index in [1.165, 1.54) is 0 Å². The van der Waals surface area contributed by atoms with Gasteiger partial charge < -0.3 is 16.2 Å². The molecular weight excluding hydrogens is 268 g/mol. The lowest BCUT2D eigenvalue weighted by Gasteiger charge is -2.21. The van der Waals surface area contributed by atoms with Gasteiger partial charge in [0.05, 0.1) is 6.04 Å². The van der Waals surface area contributed by atoms with Gasteiger partial charge >= 0.3 is 5.97 Å². The summed E-state index contributed by atoms with van der Waals surface area (Å²) in [6, 6.07) is 8.90. The molecule has 0 saturated carbocycles. The second-order valence-corrected chi connectivity index (χ2v) is 5.58. The molecule has 2 atom stereocenters. The number of carbonyl (C=O) groups is 2. The molecule has 21 heavy (non-hydrogen) atoms. The lowest BCUT2D eigenvalue weighted by atomic mass is 9.99. The molecule has 0 aliphatic heterocycles. The molecule has 1 rings (SSSR count). The minimum atomic E-state index is -0.871. The molecule has 0 aliphatic carbocycles. The van der Waals surface area contributed by atoms with Crippen molar-refractivity contribution in [2.24, 2.45) is 11.7 Å². The van der Waals surface area contributed by atoms with Gasteiger partial charge in [0.2, 0.25) is 5.91 Å². The molecule has 0 aromatic heterocycles. The minimum absolute atomic E-state index is 0.01000. The number of carbonyl (C=O) groups excluding carboxylic acids is 1. The number of hydrogen-bond donors (Lipinski definition) is 3. The van der Waals surface area contributed by atoms with Crippen molar-refractivity contribution in [1.29, 1.82) is 0 Å². The molecule has 0 heterocycles. The van der Waals surface area contributed by atoms with Crippen LogP contribution >= 0.6 is 0 Å². The number of nitrogens with two attached hydrogens (primary N) is 1. The van der Waals surface area contributed by atoms with Crippen LogP contribution in [0.1, 0.15) is 44.7 Å². The van der Waals surface area contributed by atoms with Gasteiger partial charge in [-0.3, -0.25) is 9.59 Å². The van der Waals surface area contributed by atoms with Crippen molar-refractivity contribution in [2.45, 2.75) is 45.2 Å². The van der Waals surface area contributed by atoms with E-state index in [4.69, 9.17) is 10.8 Å². The third kappa shape index (κ3) is 6.40. The van der Waals surface area contributed by atoms with Crippen molar-refractivity contribution in [3.8, 4) is 0 Å². The largest absolute Gasteiger partial charge is 0.481 e. The van der Waals surface area contributed by atoms with E-state index in [1.54, 1.807) is 0 Å². The van der Waals surface area contributed by atoms with Crippen LogP contribution in [0.4, 0.5) is 0 Å². The van der Waals surface area contributed by atoms with Crippen LogP contribution in [0.2, 0.25) is 0 Å². The van der Waals surface area contributed by atoms with Crippen molar-refractivity contribution < 1.29 is 14.7 Å².